The van der Waals surface area contributed by atoms with E-state index < -0.39 is 6.43 Å². The predicted octanol–water partition coefficient (Wildman–Crippen LogP) is 3.44. The van der Waals surface area contributed by atoms with Crippen LogP contribution in [-0.4, -0.2) is 13.0 Å². The second kappa shape index (κ2) is 8.62. The highest BCUT2D eigenvalue weighted by molar-refractivity contribution is 5.44. The van der Waals surface area contributed by atoms with Crippen LogP contribution in [0.2, 0.25) is 0 Å². The summed E-state index contributed by atoms with van der Waals surface area (Å²) in [7, 11) is 0. The number of benzene rings is 2. The first-order chi connectivity index (χ1) is 10.7. The number of halogens is 2. The first kappa shape index (κ1) is 15.8. The third kappa shape index (κ3) is 5.79. The van der Waals surface area contributed by atoms with Crippen LogP contribution in [0.4, 0.5) is 8.78 Å². The van der Waals surface area contributed by atoms with Crippen LogP contribution >= 0.6 is 0 Å². The molecule has 0 saturated carbocycles. The molecule has 1 nitrogen and oxygen atoms in total. The Labute approximate surface area is 129 Å². The largest absolute Gasteiger partial charge is 0.307 e. The third-order valence-electron chi connectivity index (χ3n) is 2.83. The fourth-order valence-corrected chi connectivity index (χ4v) is 1.76. The minimum absolute atomic E-state index is 0.295. The van der Waals surface area contributed by atoms with E-state index in [4.69, 9.17) is 0 Å². The number of alkyl halides is 2. The highest BCUT2D eigenvalue weighted by Gasteiger charge is 2.00. The van der Waals surface area contributed by atoms with Crippen LogP contribution in [0.15, 0.2) is 54.6 Å². The molecule has 110 valence electrons. The molecule has 0 atom stereocenters. The summed E-state index contributed by atoms with van der Waals surface area (Å²) < 4.78 is 24.0. The molecule has 0 unspecified atom stereocenters. The van der Waals surface area contributed by atoms with E-state index >= 15 is 0 Å². The molecule has 2 aromatic rings. The molecule has 3 heteroatoms. The monoisotopic (exact) mass is 295 g/mol. The second-order valence-corrected chi connectivity index (χ2v) is 4.58. The third-order valence-corrected chi connectivity index (χ3v) is 2.83. The molecule has 0 aliphatic carbocycles. The second-order valence-electron chi connectivity index (χ2n) is 4.58. The molecule has 0 radical (unpaired) electrons. The Balaban J connectivity index is 1.89. The molecular formula is C19H15F2N. The fourth-order valence-electron chi connectivity index (χ4n) is 1.76. The van der Waals surface area contributed by atoms with Gasteiger partial charge in [0.05, 0.1) is 6.54 Å². The summed E-state index contributed by atoms with van der Waals surface area (Å²) in [5.41, 5.74) is 2.72. The van der Waals surface area contributed by atoms with Gasteiger partial charge >= 0.3 is 0 Å². The quantitative estimate of drug-likeness (QED) is 0.852. The Hall–Kier alpha value is -2.62. The molecular weight excluding hydrogens is 280 g/mol. The fraction of sp³-hybridized carbons (Fsp3) is 0.158. The Morgan fingerprint density at radius 3 is 2.00 bits per heavy atom. The van der Waals surface area contributed by atoms with Crippen molar-refractivity contribution in [2.45, 2.75) is 13.0 Å². The van der Waals surface area contributed by atoms with E-state index in [0.717, 1.165) is 16.7 Å². The summed E-state index contributed by atoms with van der Waals surface area (Å²) >= 11 is 0. The maximum atomic E-state index is 12.0. The van der Waals surface area contributed by atoms with Crippen LogP contribution in [0.1, 0.15) is 16.7 Å². The number of hydrogen-bond acceptors (Lipinski definition) is 1. The molecule has 0 amide bonds. The van der Waals surface area contributed by atoms with E-state index in [0.29, 0.717) is 6.54 Å². The predicted molar refractivity (Wildman–Crippen MR) is 84.4 cm³/mol. The topological polar surface area (TPSA) is 12.0 Å². The van der Waals surface area contributed by atoms with Gasteiger partial charge in [-0.1, -0.05) is 42.2 Å². The standard InChI is InChI=1S/C19H15F2N/c20-19(21)15-22-14-18-12-10-17(11-13-18)9-5-4-8-16-6-2-1-3-7-16/h1-3,6-7,10-13,19,22H,14-15H2. The molecule has 22 heavy (non-hydrogen) atoms. The Kier molecular flexibility index (Phi) is 6.18. The lowest BCUT2D eigenvalue weighted by Crippen LogP contribution is -2.20. The molecule has 0 aliphatic rings. The van der Waals surface area contributed by atoms with E-state index in [1.54, 1.807) is 0 Å². The smallest absolute Gasteiger partial charge is 0.250 e. The summed E-state index contributed by atoms with van der Waals surface area (Å²) in [5, 5.41) is 2.68. The molecule has 0 aliphatic heterocycles. The van der Waals surface area contributed by atoms with Gasteiger partial charge in [-0.15, -0.1) is 0 Å². The molecule has 1 N–H and O–H groups in total. The minimum atomic E-state index is -2.33. The minimum Gasteiger partial charge on any atom is -0.307 e. The van der Waals surface area contributed by atoms with E-state index in [1.807, 2.05) is 54.6 Å². The molecule has 0 aromatic heterocycles. The molecule has 0 spiro atoms. The van der Waals surface area contributed by atoms with Crippen molar-refractivity contribution in [3.05, 3.63) is 71.3 Å². The molecule has 0 heterocycles. The Morgan fingerprint density at radius 2 is 1.41 bits per heavy atom. The first-order valence-corrected chi connectivity index (χ1v) is 6.89. The van der Waals surface area contributed by atoms with Crippen molar-refractivity contribution in [2.75, 3.05) is 6.54 Å². The van der Waals surface area contributed by atoms with Gasteiger partial charge in [0.25, 0.3) is 6.43 Å². The average Bonchev–Trinajstić information content (AvgIpc) is 2.54. The Morgan fingerprint density at radius 1 is 0.818 bits per heavy atom. The van der Waals surface area contributed by atoms with Crippen molar-refractivity contribution >= 4 is 0 Å². The zero-order valence-electron chi connectivity index (χ0n) is 11.9. The summed E-state index contributed by atoms with van der Waals surface area (Å²) in [6, 6.07) is 17.1. The van der Waals surface area contributed by atoms with Gasteiger partial charge in [-0.05, 0) is 41.7 Å². The van der Waals surface area contributed by atoms with Crippen LogP contribution in [0.3, 0.4) is 0 Å². The zero-order valence-corrected chi connectivity index (χ0v) is 11.9. The van der Waals surface area contributed by atoms with Crippen molar-refractivity contribution < 1.29 is 8.78 Å². The first-order valence-electron chi connectivity index (χ1n) is 6.89. The van der Waals surface area contributed by atoms with E-state index in [1.165, 1.54) is 0 Å². The van der Waals surface area contributed by atoms with Gasteiger partial charge in [0.2, 0.25) is 0 Å². The zero-order chi connectivity index (χ0) is 15.6. The summed E-state index contributed by atoms with van der Waals surface area (Å²) in [4.78, 5) is 0. The number of nitrogens with one attached hydrogen (secondary N) is 1. The van der Waals surface area contributed by atoms with E-state index in [-0.39, 0.29) is 6.54 Å². The molecule has 0 bridgehead atoms. The van der Waals surface area contributed by atoms with Gasteiger partial charge in [-0.3, -0.25) is 0 Å². The van der Waals surface area contributed by atoms with Crippen LogP contribution < -0.4 is 5.32 Å². The number of hydrogen-bond donors (Lipinski definition) is 1. The summed E-state index contributed by atoms with van der Waals surface area (Å²) in [6.45, 7) is 0.127. The van der Waals surface area contributed by atoms with Crippen molar-refractivity contribution in [1.82, 2.24) is 5.32 Å². The molecule has 2 rings (SSSR count). The van der Waals surface area contributed by atoms with Gasteiger partial charge in [0.1, 0.15) is 0 Å². The van der Waals surface area contributed by atoms with Crippen LogP contribution in [0, 0.1) is 23.7 Å². The van der Waals surface area contributed by atoms with Crippen molar-refractivity contribution in [3.8, 4) is 23.7 Å². The molecule has 0 saturated heterocycles. The number of rotatable bonds is 4. The maximum absolute atomic E-state index is 12.0. The maximum Gasteiger partial charge on any atom is 0.250 e. The van der Waals surface area contributed by atoms with Crippen LogP contribution in [0.5, 0.6) is 0 Å². The Bertz CT molecular complexity index is 698. The lowest BCUT2D eigenvalue weighted by molar-refractivity contribution is 0.145. The molecule has 0 fully saturated rings. The SMILES string of the molecule is FC(F)CNCc1ccc(C#CC#Cc2ccccc2)cc1. The summed E-state index contributed by atoms with van der Waals surface area (Å²) in [6.07, 6.45) is -2.33. The van der Waals surface area contributed by atoms with Gasteiger partial charge in [0, 0.05) is 17.7 Å². The molecule has 2 aromatic carbocycles. The van der Waals surface area contributed by atoms with Gasteiger partial charge < -0.3 is 5.32 Å². The van der Waals surface area contributed by atoms with E-state index in [9.17, 15) is 8.78 Å². The summed E-state index contributed by atoms with van der Waals surface area (Å²) in [5.74, 6) is 11.5. The normalized spacial score (nSPS) is 9.59. The van der Waals surface area contributed by atoms with Crippen molar-refractivity contribution in [3.63, 3.8) is 0 Å². The van der Waals surface area contributed by atoms with E-state index in [2.05, 4.69) is 29.0 Å². The lowest BCUT2D eigenvalue weighted by Gasteiger charge is -2.03. The highest BCUT2D eigenvalue weighted by atomic mass is 19.3. The van der Waals surface area contributed by atoms with Gasteiger partial charge in [-0.25, -0.2) is 8.78 Å². The van der Waals surface area contributed by atoms with Crippen LogP contribution in [-0.2, 0) is 6.54 Å². The van der Waals surface area contributed by atoms with Crippen molar-refractivity contribution in [1.29, 1.82) is 0 Å². The van der Waals surface area contributed by atoms with Crippen LogP contribution in [0.25, 0.3) is 0 Å². The highest BCUT2D eigenvalue weighted by Crippen LogP contribution is 2.03. The van der Waals surface area contributed by atoms with Gasteiger partial charge in [0.15, 0.2) is 0 Å². The lowest BCUT2D eigenvalue weighted by atomic mass is 10.1. The van der Waals surface area contributed by atoms with Crippen molar-refractivity contribution in [2.24, 2.45) is 0 Å². The average molecular weight is 295 g/mol. The van der Waals surface area contributed by atoms with Gasteiger partial charge in [-0.2, -0.15) is 0 Å².